The molecule has 0 saturated carbocycles. The molecule has 5 heteroatoms. The van der Waals surface area contributed by atoms with E-state index >= 15 is 0 Å². The molecule has 0 aromatic heterocycles. The molecule has 0 heterocycles. The van der Waals surface area contributed by atoms with Crippen LogP contribution in [-0.4, -0.2) is 16.2 Å². The van der Waals surface area contributed by atoms with Gasteiger partial charge in [0.2, 0.25) is 0 Å². The molecular formula is C9H8N2O3. The monoisotopic (exact) mass is 192 g/mol. The molecule has 5 nitrogen and oxygen atoms in total. The lowest BCUT2D eigenvalue weighted by atomic mass is 10.0. The Morgan fingerprint density at radius 1 is 1.57 bits per heavy atom. The SMILES string of the molecule is N#Cc1ccc(CN)c(O)c1C(=O)O. The van der Waals surface area contributed by atoms with E-state index in [0.29, 0.717) is 5.56 Å². The zero-order chi connectivity index (χ0) is 10.7. The highest BCUT2D eigenvalue weighted by molar-refractivity contribution is 5.94. The van der Waals surface area contributed by atoms with Crippen LogP contribution in [0.15, 0.2) is 12.1 Å². The first-order chi connectivity index (χ1) is 6.61. The largest absolute Gasteiger partial charge is 0.507 e. The number of rotatable bonds is 2. The van der Waals surface area contributed by atoms with Gasteiger partial charge in [0.1, 0.15) is 17.4 Å². The van der Waals surface area contributed by atoms with Crippen LogP contribution < -0.4 is 5.73 Å². The first-order valence-corrected chi connectivity index (χ1v) is 3.80. The van der Waals surface area contributed by atoms with Crippen LogP contribution in [0.2, 0.25) is 0 Å². The molecule has 0 saturated heterocycles. The Balaban J connectivity index is 3.49. The highest BCUT2D eigenvalue weighted by atomic mass is 16.4. The van der Waals surface area contributed by atoms with Crippen molar-refractivity contribution in [1.82, 2.24) is 0 Å². The third-order valence-corrected chi connectivity index (χ3v) is 1.82. The molecule has 0 bridgehead atoms. The Kier molecular flexibility index (Phi) is 2.70. The maximum absolute atomic E-state index is 10.7. The van der Waals surface area contributed by atoms with E-state index in [1.54, 1.807) is 6.07 Å². The van der Waals surface area contributed by atoms with Gasteiger partial charge in [-0.1, -0.05) is 6.07 Å². The summed E-state index contributed by atoms with van der Waals surface area (Å²) in [6, 6.07) is 4.44. The van der Waals surface area contributed by atoms with Crippen molar-refractivity contribution in [2.45, 2.75) is 6.54 Å². The molecule has 0 aliphatic carbocycles. The fraction of sp³-hybridized carbons (Fsp3) is 0.111. The van der Waals surface area contributed by atoms with Crippen LogP contribution in [0.5, 0.6) is 5.75 Å². The number of phenols is 1. The van der Waals surface area contributed by atoms with E-state index in [4.69, 9.17) is 16.1 Å². The van der Waals surface area contributed by atoms with Gasteiger partial charge in [-0.3, -0.25) is 0 Å². The topological polar surface area (TPSA) is 107 Å². The van der Waals surface area contributed by atoms with Crippen LogP contribution >= 0.6 is 0 Å². The first-order valence-electron chi connectivity index (χ1n) is 3.80. The molecule has 0 amide bonds. The quantitative estimate of drug-likeness (QED) is 0.629. The first kappa shape index (κ1) is 10.0. The summed E-state index contributed by atoms with van der Waals surface area (Å²) < 4.78 is 0. The molecule has 4 N–H and O–H groups in total. The fourth-order valence-electron chi connectivity index (χ4n) is 1.11. The van der Waals surface area contributed by atoms with Crippen molar-refractivity contribution in [3.05, 3.63) is 28.8 Å². The highest BCUT2D eigenvalue weighted by Crippen LogP contribution is 2.25. The zero-order valence-electron chi connectivity index (χ0n) is 7.19. The summed E-state index contributed by atoms with van der Waals surface area (Å²) in [6.07, 6.45) is 0. The second kappa shape index (κ2) is 3.77. The van der Waals surface area contributed by atoms with Gasteiger partial charge in [0.15, 0.2) is 0 Å². The Bertz CT molecular complexity index is 421. The minimum absolute atomic E-state index is 0.0256. The van der Waals surface area contributed by atoms with E-state index in [0.717, 1.165) is 0 Å². The lowest BCUT2D eigenvalue weighted by molar-refractivity contribution is 0.0693. The van der Waals surface area contributed by atoms with Crippen molar-refractivity contribution >= 4 is 5.97 Å². The minimum Gasteiger partial charge on any atom is -0.507 e. The van der Waals surface area contributed by atoms with E-state index < -0.39 is 17.3 Å². The van der Waals surface area contributed by atoms with E-state index in [1.165, 1.54) is 12.1 Å². The van der Waals surface area contributed by atoms with Gasteiger partial charge in [-0.05, 0) is 6.07 Å². The summed E-state index contributed by atoms with van der Waals surface area (Å²) >= 11 is 0. The maximum atomic E-state index is 10.7. The Labute approximate surface area is 80.0 Å². The fourth-order valence-corrected chi connectivity index (χ4v) is 1.11. The number of hydrogen-bond acceptors (Lipinski definition) is 4. The summed E-state index contributed by atoms with van der Waals surface area (Å²) in [5.41, 5.74) is 5.11. The third kappa shape index (κ3) is 1.51. The minimum atomic E-state index is -1.34. The van der Waals surface area contributed by atoms with Crippen molar-refractivity contribution in [3.63, 3.8) is 0 Å². The van der Waals surface area contributed by atoms with Crippen LogP contribution in [0.3, 0.4) is 0 Å². The number of carbonyl (C=O) groups is 1. The van der Waals surface area contributed by atoms with Gasteiger partial charge >= 0.3 is 5.97 Å². The van der Waals surface area contributed by atoms with Gasteiger partial charge in [-0.2, -0.15) is 5.26 Å². The standard InChI is InChI=1S/C9H8N2O3/c10-3-5-1-2-6(4-11)8(12)7(5)9(13)14/h1-2,12H,4,11H2,(H,13,14). The van der Waals surface area contributed by atoms with Gasteiger partial charge in [-0.15, -0.1) is 0 Å². The van der Waals surface area contributed by atoms with Crippen LogP contribution in [-0.2, 0) is 6.54 Å². The zero-order valence-corrected chi connectivity index (χ0v) is 7.19. The predicted octanol–water partition coefficient (Wildman–Crippen LogP) is 0.421. The predicted molar refractivity (Wildman–Crippen MR) is 47.7 cm³/mol. The average Bonchev–Trinajstić information content (AvgIpc) is 2.16. The number of carboxylic acids is 1. The van der Waals surface area contributed by atoms with Crippen LogP contribution in [0.4, 0.5) is 0 Å². The van der Waals surface area contributed by atoms with Crippen molar-refractivity contribution in [2.24, 2.45) is 5.73 Å². The van der Waals surface area contributed by atoms with Gasteiger partial charge < -0.3 is 15.9 Å². The molecule has 0 aliphatic heterocycles. The number of benzene rings is 1. The van der Waals surface area contributed by atoms with Gasteiger partial charge in [0.05, 0.1) is 5.56 Å². The number of nitrogens with two attached hydrogens (primary N) is 1. The Hall–Kier alpha value is -2.06. The molecule has 0 fully saturated rings. The Morgan fingerprint density at radius 2 is 2.21 bits per heavy atom. The molecule has 72 valence electrons. The highest BCUT2D eigenvalue weighted by Gasteiger charge is 2.17. The molecular weight excluding hydrogens is 184 g/mol. The van der Waals surface area contributed by atoms with Crippen molar-refractivity contribution < 1.29 is 15.0 Å². The normalized spacial score (nSPS) is 9.43. The van der Waals surface area contributed by atoms with Crippen molar-refractivity contribution in [1.29, 1.82) is 5.26 Å². The number of aromatic hydroxyl groups is 1. The molecule has 0 atom stereocenters. The lowest BCUT2D eigenvalue weighted by Gasteiger charge is -2.06. The lowest BCUT2D eigenvalue weighted by Crippen LogP contribution is -2.05. The second-order valence-electron chi connectivity index (χ2n) is 2.62. The van der Waals surface area contributed by atoms with Gasteiger partial charge in [0.25, 0.3) is 0 Å². The number of nitrogens with zero attached hydrogens (tertiary/aromatic N) is 1. The Morgan fingerprint density at radius 3 is 2.64 bits per heavy atom. The third-order valence-electron chi connectivity index (χ3n) is 1.82. The van der Waals surface area contributed by atoms with Crippen molar-refractivity contribution in [2.75, 3.05) is 0 Å². The molecule has 1 aromatic carbocycles. The molecule has 0 unspecified atom stereocenters. The van der Waals surface area contributed by atoms with E-state index in [-0.39, 0.29) is 12.1 Å². The molecule has 0 radical (unpaired) electrons. The van der Waals surface area contributed by atoms with Gasteiger partial charge in [0, 0.05) is 12.1 Å². The molecule has 1 aromatic rings. The smallest absolute Gasteiger partial charge is 0.340 e. The molecule has 14 heavy (non-hydrogen) atoms. The summed E-state index contributed by atoms with van der Waals surface area (Å²) in [5, 5.41) is 26.8. The van der Waals surface area contributed by atoms with Crippen LogP contribution in [0.1, 0.15) is 21.5 Å². The van der Waals surface area contributed by atoms with Gasteiger partial charge in [-0.25, -0.2) is 4.79 Å². The number of carboxylic acid groups (broad SMARTS) is 1. The summed E-state index contributed by atoms with van der Waals surface area (Å²) in [7, 11) is 0. The second-order valence-corrected chi connectivity index (χ2v) is 2.62. The molecule has 0 spiro atoms. The summed E-state index contributed by atoms with van der Waals surface area (Å²) in [6.45, 7) is 0.0256. The number of aromatic carboxylic acids is 1. The summed E-state index contributed by atoms with van der Waals surface area (Å²) in [4.78, 5) is 10.7. The molecule has 0 aliphatic rings. The molecule has 1 rings (SSSR count). The van der Waals surface area contributed by atoms with Crippen LogP contribution in [0.25, 0.3) is 0 Å². The average molecular weight is 192 g/mol. The van der Waals surface area contributed by atoms with E-state index in [1.807, 2.05) is 0 Å². The van der Waals surface area contributed by atoms with E-state index in [2.05, 4.69) is 0 Å². The number of hydrogen-bond donors (Lipinski definition) is 3. The maximum Gasteiger partial charge on any atom is 0.340 e. The number of nitriles is 1. The van der Waals surface area contributed by atoms with Crippen molar-refractivity contribution in [3.8, 4) is 11.8 Å². The summed E-state index contributed by atoms with van der Waals surface area (Å²) in [5.74, 6) is -1.77. The van der Waals surface area contributed by atoms with E-state index in [9.17, 15) is 9.90 Å². The van der Waals surface area contributed by atoms with Crippen LogP contribution in [0, 0.1) is 11.3 Å².